The van der Waals surface area contributed by atoms with Gasteiger partial charge in [-0.3, -0.25) is 14.2 Å². The first-order valence-corrected chi connectivity index (χ1v) is 11.5. The van der Waals surface area contributed by atoms with Crippen LogP contribution in [-0.4, -0.2) is 35.3 Å². The topological polar surface area (TPSA) is 96.6 Å². The number of hydrogen-bond donors (Lipinski definition) is 2. The second-order valence-electron chi connectivity index (χ2n) is 6.81. The summed E-state index contributed by atoms with van der Waals surface area (Å²) < 4.78 is 19.7. The molecule has 29 heavy (non-hydrogen) atoms. The average Bonchev–Trinajstić information content (AvgIpc) is 2.70. The molecular weight excluding hydrogens is 391 g/mol. The molecule has 0 aliphatic heterocycles. The molecule has 0 saturated heterocycles. The Bertz CT molecular complexity index is 872. The van der Waals surface area contributed by atoms with E-state index in [1.807, 2.05) is 30.3 Å². The van der Waals surface area contributed by atoms with Gasteiger partial charge in [-0.2, -0.15) is 0 Å². The van der Waals surface area contributed by atoms with Crippen molar-refractivity contribution in [2.75, 3.05) is 12.8 Å². The Labute approximate surface area is 171 Å². The highest BCUT2D eigenvalue weighted by atomic mass is 31.2. The van der Waals surface area contributed by atoms with E-state index in [1.165, 1.54) is 0 Å². The van der Waals surface area contributed by atoms with Crippen molar-refractivity contribution in [2.24, 2.45) is 7.05 Å². The molecule has 0 radical (unpaired) electrons. The van der Waals surface area contributed by atoms with Gasteiger partial charge in [-0.1, -0.05) is 30.3 Å². The van der Waals surface area contributed by atoms with E-state index < -0.39 is 25.0 Å². The van der Waals surface area contributed by atoms with E-state index in [4.69, 9.17) is 4.74 Å². The average molecular weight is 419 g/mol. The highest BCUT2D eigenvalue weighted by Crippen LogP contribution is 2.47. The zero-order valence-electron chi connectivity index (χ0n) is 16.8. The Morgan fingerprint density at radius 2 is 1.93 bits per heavy atom. The fourth-order valence-corrected chi connectivity index (χ4v) is 4.65. The Balaban J connectivity index is 2.12. The lowest BCUT2D eigenvalue weighted by atomic mass is 10.2. The fraction of sp³-hybridized carbons (Fsp3) is 0.381. The minimum absolute atomic E-state index is 0.00729. The number of aryl methyl sites for hydroxylation is 2. The molecule has 0 spiro atoms. The Kier molecular flexibility index (Phi) is 8.55. The van der Waals surface area contributed by atoms with E-state index in [0.29, 0.717) is 12.0 Å². The van der Waals surface area contributed by atoms with Crippen molar-refractivity contribution in [1.29, 1.82) is 0 Å². The van der Waals surface area contributed by atoms with Crippen molar-refractivity contribution in [3.05, 3.63) is 66.0 Å². The number of carbonyl (C=O) groups excluding carboxylic acids is 2. The van der Waals surface area contributed by atoms with Crippen LogP contribution in [0.15, 0.2) is 54.9 Å². The van der Waals surface area contributed by atoms with Crippen molar-refractivity contribution in [3.63, 3.8) is 0 Å². The maximum atomic E-state index is 13.1. The number of rotatable bonds is 10. The van der Waals surface area contributed by atoms with Crippen LogP contribution in [0.5, 0.6) is 0 Å². The third kappa shape index (κ3) is 7.44. The van der Waals surface area contributed by atoms with Crippen LogP contribution >= 0.6 is 7.37 Å². The minimum Gasteiger partial charge on any atom is -0.466 e. The van der Waals surface area contributed by atoms with Gasteiger partial charge in [0.05, 0.1) is 6.61 Å². The second kappa shape index (κ2) is 10.9. The number of ether oxygens (including phenoxy) is 1. The summed E-state index contributed by atoms with van der Waals surface area (Å²) in [5.41, 5.74) is 1.31. The predicted molar refractivity (Wildman–Crippen MR) is 110 cm³/mol. The summed E-state index contributed by atoms with van der Waals surface area (Å²) in [5.74, 6) is -1.95. The van der Waals surface area contributed by atoms with Crippen molar-refractivity contribution in [1.82, 2.24) is 5.32 Å². The van der Waals surface area contributed by atoms with Gasteiger partial charge in [-0.05, 0) is 31.4 Å². The summed E-state index contributed by atoms with van der Waals surface area (Å²) in [6, 6.07) is 12.7. The maximum absolute atomic E-state index is 13.1. The molecule has 2 rings (SSSR count). The van der Waals surface area contributed by atoms with Gasteiger partial charge in [0.15, 0.2) is 12.4 Å². The molecular formula is C21H28N2O5P+. The summed E-state index contributed by atoms with van der Waals surface area (Å²) >= 11 is 0. The zero-order chi connectivity index (χ0) is 21.3. The Morgan fingerprint density at radius 3 is 2.59 bits per heavy atom. The summed E-state index contributed by atoms with van der Waals surface area (Å²) in [6.45, 7) is 1.94. The van der Waals surface area contributed by atoms with Crippen molar-refractivity contribution >= 4 is 19.2 Å². The molecule has 0 bridgehead atoms. The van der Waals surface area contributed by atoms with Gasteiger partial charge in [0, 0.05) is 18.6 Å². The van der Waals surface area contributed by atoms with E-state index >= 15 is 0 Å². The normalized spacial score (nSPS) is 13.9. The largest absolute Gasteiger partial charge is 0.466 e. The smallest absolute Gasteiger partial charge is 0.305 e. The number of amides is 1. The van der Waals surface area contributed by atoms with Crippen molar-refractivity contribution in [3.8, 4) is 0 Å². The molecule has 1 amide bonds. The van der Waals surface area contributed by atoms with Gasteiger partial charge < -0.3 is 14.9 Å². The number of benzene rings is 1. The van der Waals surface area contributed by atoms with Crippen LogP contribution in [-0.2, 0) is 27.6 Å². The molecule has 156 valence electrons. The highest BCUT2D eigenvalue weighted by molar-refractivity contribution is 7.58. The summed E-state index contributed by atoms with van der Waals surface area (Å²) in [5, 5.41) is 2.66. The van der Waals surface area contributed by atoms with Crippen molar-refractivity contribution < 1.29 is 28.4 Å². The summed E-state index contributed by atoms with van der Waals surface area (Å²) in [7, 11) is -1.99. The number of hydrogen-bond acceptors (Lipinski definition) is 4. The van der Waals surface area contributed by atoms with Crippen LogP contribution in [0, 0.1) is 0 Å². The molecule has 1 aromatic carbocycles. The quantitative estimate of drug-likeness (QED) is 0.350. The van der Waals surface area contributed by atoms with E-state index in [0.717, 1.165) is 5.56 Å². The number of nitrogens with one attached hydrogen (secondary N) is 1. The Morgan fingerprint density at radius 1 is 1.21 bits per heavy atom. The fourth-order valence-electron chi connectivity index (χ4n) is 2.91. The van der Waals surface area contributed by atoms with E-state index in [1.54, 1.807) is 43.1 Å². The minimum atomic E-state index is -3.78. The lowest BCUT2D eigenvalue weighted by Crippen LogP contribution is -2.38. The Hall–Kier alpha value is -2.50. The molecule has 2 aromatic rings. The molecule has 2 unspecified atom stereocenters. The molecule has 2 N–H and O–H groups in total. The lowest BCUT2D eigenvalue weighted by Gasteiger charge is -2.24. The van der Waals surface area contributed by atoms with Gasteiger partial charge in [0.25, 0.3) is 5.91 Å². The highest BCUT2D eigenvalue weighted by Gasteiger charge is 2.33. The lowest BCUT2D eigenvalue weighted by molar-refractivity contribution is -0.671. The van der Waals surface area contributed by atoms with Gasteiger partial charge >= 0.3 is 5.97 Å². The third-order valence-electron chi connectivity index (χ3n) is 4.48. The molecule has 0 fully saturated rings. The van der Waals surface area contributed by atoms with Crippen LogP contribution in [0.1, 0.15) is 35.7 Å². The first kappa shape index (κ1) is 22.8. The van der Waals surface area contributed by atoms with E-state index in [2.05, 4.69) is 5.32 Å². The monoisotopic (exact) mass is 419 g/mol. The molecule has 0 aliphatic carbocycles. The van der Waals surface area contributed by atoms with E-state index in [-0.39, 0.29) is 25.6 Å². The van der Waals surface area contributed by atoms with Gasteiger partial charge in [0.1, 0.15) is 18.4 Å². The van der Waals surface area contributed by atoms with Crippen LogP contribution < -0.4 is 9.88 Å². The van der Waals surface area contributed by atoms with E-state index in [9.17, 15) is 19.0 Å². The summed E-state index contributed by atoms with van der Waals surface area (Å²) in [6.07, 6.45) is 3.81. The molecule has 2 atom stereocenters. The van der Waals surface area contributed by atoms with Gasteiger partial charge in [-0.15, -0.1) is 0 Å². The molecule has 1 heterocycles. The van der Waals surface area contributed by atoms with Crippen LogP contribution in [0.2, 0.25) is 0 Å². The van der Waals surface area contributed by atoms with Gasteiger partial charge in [0.2, 0.25) is 7.37 Å². The molecule has 1 aromatic heterocycles. The number of carbonyl (C=O) groups is 2. The standard InChI is InChI=1S/C21H27N2O5P/c1-3-28-20(24)12-11-19(22-21(25)18-10-7-14-23(2)16-18)29(26,27)15-13-17-8-5-4-6-9-17/h4-10,14,16,19H,3,11-13,15H2,1-2H3,(H-,22,25,26,27)/p+1. The number of esters is 1. The third-order valence-corrected chi connectivity index (χ3v) is 6.70. The molecule has 7 nitrogen and oxygen atoms in total. The number of aromatic nitrogens is 1. The summed E-state index contributed by atoms with van der Waals surface area (Å²) in [4.78, 5) is 35.1. The van der Waals surface area contributed by atoms with Crippen LogP contribution in [0.3, 0.4) is 0 Å². The first-order valence-electron chi connectivity index (χ1n) is 9.59. The zero-order valence-corrected chi connectivity index (χ0v) is 17.7. The van der Waals surface area contributed by atoms with Gasteiger partial charge in [-0.25, -0.2) is 4.57 Å². The predicted octanol–water partition coefficient (Wildman–Crippen LogP) is 2.42. The van der Waals surface area contributed by atoms with Crippen LogP contribution in [0.4, 0.5) is 0 Å². The maximum Gasteiger partial charge on any atom is 0.305 e. The number of nitrogens with zero attached hydrogens (tertiary/aromatic N) is 1. The first-order chi connectivity index (χ1) is 13.8. The number of pyridine rings is 1. The SMILES string of the molecule is CCOC(=O)CCC(NC(=O)c1ccc[n+](C)c1)P(=O)(O)CCc1ccccc1. The van der Waals surface area contributed by atoms with Crippen molar-refractivity contribution in [2.45, 2.75) is 32.0 Å². The second-order valence-corrected chi connectivity index (χ2v) is 9.39. The molecule has 0 aliphatic rings. The van der Waals surface area contributed by atoms with Crippen LogP contribution in [0.25, 0.3) is 0 Å². The molecule has 0 saturated carbocycles. The molecule has 8 heteroatoms.